The molecule has 0 saturated carbocycles. The van der Waals surface area contributed by atoms with E-state index in [2.05, 4.69) is 37.0 Å². The van der Waals surface area contributed by atoms with Gasteiger partial charge in [0.15, 0.2) is 5.16 Å². The fourth-order valence-corrected chi connectivity index (χ4v) is 4.39. The normalized spacial score (nSPS) is 14.9. The zero-order valence-corrected chi connectivity index (χ0v) is 17.8. The maximum Gasteiger partial charge on any atom is 0.233 e. The van der Waals surface area contributed by atoms with Crippen molar-refractivity contribution < 1.29 is 9.59 Å². The van der Waals surface area contributed by atoms with Crippen LogP contribution in [-0.4, -0.2) is 64.1 Å². The molecule has 2 heterocycles. The molecule has 7 heteroatoms. The number of aryl methyl sites for hydroxylation is 2. The molecule has 0 spiro atoms. The Morgan fingerprint density at radius 2 is 1.93 bits per heavy atom. The molecule has 0 atom stereocenters. The minimum atomic E-state index is 0.0369. The summed E-state index contributed by atoms with van der Waals surface area (Å²) in [5.41, 5.74) is 3.45. The predicted molar refractivity (Wildman–Crippen MR) is 112 cm³/mol. The molecule has 6 nitrogen and oxygen atoms in total. The molecule has 0 aliphatic carbocycles. The number of carbonyl (C=O) groups is 2. The summed E-state index contributed by atoms with van der Waals surface area (Å²) in [6.45, 7) is 5.44. The van der Waals surface area contributed by atoms with E-state index in [0.29, 0.717) is 18.8 Å². The maximum atomic E-state index is 12.6. The summed E-state index contributed by atoms with van der Waals surface area (Å²) >= 11 is 1.46. The van der Waals surface area contributed by atoms with Crippen molar-refractivity contribution in [2.45, 2.75) is 31.8 Å². The molecule has 3 rings (SSSR count). The monoisotopic (exact) mass is 400 g/mol. The van der Waals surface area contributed by atoms with Crippen LogP contribution in [0.4, 0.5) is 0 Å². The summed E-state index contributed by atoms with van der Waals surface area (Å²) in [5.74, 6) is 0.664. The highest BCUT2D eigenvalue weighted by Gasteiger charge is 2.28. The molecule has 2 amide bonds. The van der Waals surface area contributed by atoms with Crippen LogP contribution >= 0.6 is 11.8 Å². The molecule has 1 aliphatic heterocycles. The lowest BCUT2D eigenvalue weighted by Crippen LogP contribution is -2.43. The van der Waals surface area contributed by atoms with E-state index < -0.39 is 0 Å². The van der Waals surface area contributed by atoms with Gasteiger partial charge in [-0.1, -0.05) is 23.9 Å². The van der Waals surface area contributed by atoms with Crippen LogP contribution in [0.5, 0.6) is 0 Å². The summed E-state index contributed by atoms with van der Waals surface area (Å²) in [6, 6.07) is 6.33. The number of imidazole rings is 1. The average molecular weight is 401 g/mol. The number of benzene rings is 1. The molecule has 0 unspecified atom stereocenters. The van der Waals surface area contributed by atoms with Crippen LogP contribution in [0, 0.1) is 19.8 Å². The zero-order chi connectivity index (χ0) is 20.3. The van der Waals surface area contributed by atoms with Gasteiger partial charge in [0.25, 0.3) is 0 Å². The molecule has 28 heavy (non-hydrogen) atoms. The number of likely N-dealkylation sites (tertiary alicyclic amines) is 1. The molecule has 150 valence electrons. The molecule has 1 aromatic carbocycles. The van der Waals surface area contributed by atoms with Crippen LogP contribution in [0.1, 0.15) is 24.0 Å². The lowest BCUT2D eigenvalue weighted by Gasteiger charge is -2.32. The van der Waals surface area contributed by atoms with Crippen LogP contribution in [-0.2, 0) is 9.59 Å². The summed E-state index contributed by atoms with van der Waals surface area (Å²) in [4.78, 5) is 32.7. The van der Waals surface area contributed by atoms with Crippen molar-refractivity contribution in [1.29, 1.82) is 0 Å². The van der Waals surface area contributed by atoms with Gasteiger partial charge in [0.05, 0.1) is 11.4 Å². The van der Waals surface area contributed by atoms with Crippen molar-refractivity contribution in [3.63, 3.8) is 0 Å². The van der Waals surface area contributed by atoms with E-state index in [4.69, 9.17) is 0 Å². The summed E-state index contributed by atoms with van der Waals surface area (Å²) in [5, 5.41) is 0.819. The Morgan fingerprint density at radius 3 is 2.61 bits per heavy atom. The van der Waals surface area contributed by atoms with Crippen LogP contribution in [0.25, 0.3) is 5.69 Å². The number of amides is 2. The molecule has 0 N–H and O–H groups in total. The van der Waals surface area contributed by atoms with Crippen LogP contribution in [0.2, 0.25) is 0 Å². The fraction of sp³-hybridized carbons (Fsp3) is 0.476. The topological polar surface area (TPSA) is 58.4 Å². The lowest BCUT2D eigenvalue weighted by atomic mass is 9.95. The maximum absolute atomic E-state index is 12.6. The molecule has 1 aromatic heterocycles. The van der Waals surface area contributed by atoms with E-state index in [0.717, 1.165) is 23.7 Å². The quantitative estimate of drug-likeness (QED) is 0.724. The summed E-state index contributed by atoms with van der Waals surface area (Å²) in [7, 11) is 3.57. The lowest BCUT2D eigenvalue weighted by molar-refractivity contribution is -0.138. The first-order valence-electron chi connectivity index (χ1n) is 9.59. The van der Waals surface area contributed by atoms with Gasteiger partial charge >= 0.3 is 0 Å². The van der Waals surface area contributed by atoms with Gasteiger partial charge in [-0.2, -0.15) is 0 Å². The van der Waals surface area contributed by atoms with Gasteiger partial charge in [-0.15, -0.1) is 0 Å². The van der Waals surface area contributed by atoms with Crippen molar-refractivity contribution in [3.05, 3.63) is 41.7 Å². The first-order valence-corrected chi connectivity index (χ1v) is 10.6. The van der Waals surface area contributed by atoms with E-state index in [9.17, 15) is 9.59 Å². The highest BCUT2D eigenvalue weighted by Crippen LogP contribution is 2.25. The second-order valence-electron chi connectivity index (χ2n) is 7.55. The van der Waals surface area contributed by atoms with E-state index >= 15 is 0 Å². The molecular formula is C21H28N4O2S. The number of nitrogens with zero attached hydrogens (tertiary/aromatic N) is 4. The molecule has 0 bridgehead atoms. The standard InChI is InChI=1S/C21H28N4O2S/c1-15-5-6-16(2)18(13-15)25-12-9-22-21(25)28-14-19(26)24-10-7-17(8-11-24)20(27)23(3)4/h5-6,9,12-13,17H,7-8,10-11,14H2,1-4H3. The Kier molecular flexibility index (Phi) is 6.44. The summed E-state index contributed by atoms with van der Waals surface area (Å²) in [6.07, 6.45) is 5.19. The van der Waals surface area contributed by atoms with Crippen LogP contribution in [0.15, 0.2) is 35.7 Å². The van der Waals surface area contributed by atoms with Crippen molar-refractivity contribution in [1.82, 2.24) is 19.4 Å². The van der Waals surface area contributed by atoms with Gasteiger partial charge in [0.1, 0.15) is 0 Å². The number of rotatable bonds is 5. The largest absolute Gasteiger partial charge is 0.349 e. The van der Waals surface area contributed by atoms with Gasteiger partial charge in [-0.05, 0) is 43.9 Å². The molecule has 2 aromatic rings. The molecular weight excluding hydrogens is 372 g/mol. The molecule has 1 saturated heterocycles. The van der Waals surface area contributed by atoms with Gasteiger partial charge in [0.2, 0.25) is 11.8 Å². The SMILES string of the molecule is Cc1ccc(C)c(-n2ccnc2SCC(=O)N2CCC(C(=O)N(C)C)CC2)c1. The Hall–Kier alpha value is -2.28. The number of hydrogen-bond donors (Lipinski definition) is 0. The van der Waals surface area contributed by atoms with Gasteiger partial charge < -0.3 is 9.80 Å². The zero-order valence-electron chi connectivity index (χ0n) is 17.0. The minimum Gasteiger partial charge on any atom is -0.349 e. The van der Waals surface area contributed by atoms with Crippen molar-refractivity contribution >= 4 is 23.6 Å². The summed E-state index contributed by atoms with van der Waals surface area (Å²) < 4.78 is 2.04. The Labute approximate surface area is 170 Å². The smallest absolute Gasteiger partial charge is 0.233 e. The highest BCUT2D eigenvalue weighted by atomic mass is 32.2. The number of carbonyl (C=O) groups excluding carboxylic acids is 2. The highest BCUT2D eigenvalue weighted by molar-refractivity contribution is 7.99. The van der Waals surface area contributed by atoms with Crippen molar-refractivity contribution in [2.75, 3.05) is 32.9 Å². The van der Waals surface area contributed by atoms with E-state index in [1.807, 2.05) is 15.7 Å². The van der Waals surface area contributed by atoms with E-state index in [1.54, 1.807) is 25.2 Å². The van der Waals surface area contributed by atoms with Crippen LogP contribution < -0.4 is 0 Å². The van der Waals surface area contributed by atoms with Gasteiger partial charge in [-0.25, -0.2) is 4.98 Å². The van der Waals surface area contributed by atoms with E-state index in [1.165, 1.54) is 22.9 Å². The number of thioether (sulfide) groups is 1. The predicted octanol–water partition coefficient (Wildman–Crippen LogP) is 2.91. The fourth-order valence-electron chi connectivity index (χ4n) is 3.52. The molecule has 0 radical (unpaired) electrons. The third-order valence-corrected chi connectivity index (χ3v) is 6.14. The minimum absolute atomic E-state index is 0.0369. The number of aromatic nitrogens is 2. The van der Waals surface area contributed by atoms with Crippen molar-refractivity contribution in [3.8, 4) is 5.69 Å². The van der Waals surface area contributed by atoms with Gasteiger partial charge in [-0.3, -0.25) is 14.2 Å². The second-order valence-corrected chi connectivity index (χ2v) is 8.49. The Bertz CT molecular complexity index is 854. The third-order valence-electron chi connectivity index (χ3n) is 5.19. The Balaban J connectivity index is 1.59. The number of piperidine rings is 1. The van der Waals surface area contributed by atoms with Crippen molar-refractivity contribution in [2.24, 2.45) is 5.92 Å². The molecule has 1 fully saturated rings. The van der Waals surface area contributed by atoms with Crippen LogP contribution in [0.3, 0.4) is 0 Å². The third kappa shape index (κ3) is 4.58. The van der Waals surface area contributed by atoms with E-state index in [-0.39, 0.29) is 17.7 Å². The second kappa shape index (κ2) is 8.82. The Morgan fingerprint density at radius 1 is 1.21 bits per heavy atom. The average Bonchev–Trinajstić information content (AvgIpc) is 3.15. The molecule has 1 aliphatic rings. The first-order chi connectivity index (χ1) is 13.4. The van der Waals surface area contributed by atoms with Gasteiger partial charge in [0, 0.05) is 45.5 Å². The first kappa shape index (κ1) is 20.5. The number of hydrogen-bond acceptors (Lipinski definition) is 4.